The number of fused-ring (bicyclic) bond motifs is 1. The number of hydrogen-bond donors (Lipinski definition) is 3. The largest absolute Gasteiger partial charge is 0.339 e. The van der Waals surface area contributed by atoms with Crippen molar-refractivity contribution >= 4 is 40.9 Å². The van der Waals surface area contributed by atoms with Gasteiger partial charge in [0.2, 0.25) is 17.8 Å². The van der Waals surface area contributed by atoms with Crippen LogP contribution in [0, 0.1) is 0 Å². The van der Waals surface area contributed by atoms with E-state index in [0.29, 0.717) is 22.7 Å². The van der Waals surface area contributed by atoms with E-state index in [1.807, 2.05) is 0 Å². The number of amides is 2. The Kier molecular flexibility index (Phi) is 5.76. The number of carbonyl (C=O) groups excluding carboxylic acids is 2. The number of nitrogens with zero attached hydrogens (tertiary/aromatic N) is 2. The summed E-state index contributed by atoms with van der Waals surface area (Å²) in [5.74, 6) is -1.07. The van der Waals surface area contributed by atoms with Gasteiger partial charge in [0.15, 0.2) is 0 Å². The molecule has 0 aliphatic carbocycles. The standard InChI is InChI=1S/C21H24ClN5O3/c1-2-14-5-3-4-10-27(14)21-25-18-17(20(30)26-21)15(11-16(28)24-18)19(29)23-13-8-6-12(22)7-9-13/h6-9,14-15H,2-5,10-11H2,1H3,(H,23,29)(H2,24,25,26,28,30)/t14-,15-/m1/s1. The maximum absolute atomic E-state index is 13.0. The number of H-pyrrole nitrogens is 1. The average molecular weight is 430 g/mol. The van der Waals surface area contributed by atoms with Crippen LogP contribution in [0.5, 0.6) is 0 Å². The van der Waals surface area contributed by atoms with E-state index in [2.05, 4.69) is 32.4 Å². The van der Waals surface area contributed by atoms with Crippen LogP contribution in [0.3, 0.4) is 0 Å². The van der Waals surface area contributed by atoms with E-state index in [1.165, 1.54) is 0 Å². The molecule has 1 aromatic carbocycles. The number of halogens is 1. The molecule has 30 heavy (non-hydrogen) atoms. The molecule has 1 aromatic heterocycles. The Morgan fingerprint density at radius 3 is 2.77 bits per heavy atom. The lowest BCUT2D eigenvalue weighted by Crippen LogP contribution is -2.43. The molecule has 1 saturated heterocycles. The first-order valence-electron chi connectivity index (χ1n) is 10.2. The number of aromatic nitrogens is 2. The van der Waals surface area contributed by atoms with Gasteiger partial charge in [0.25, 0.3) is 5.56 Å². The third kappa shape index (κ3) is 4.05. The molecule has 158 valence electrons. The highest BCUT2D eigenvalue weighted by molar-refractivity contribution is 6.30. The quantitative estimate of drug-likeness (QED) is 0.691. The molecule has 2 aliphatic rings. The fraction of sp³-hybridized carbons (Fsp3) is 0.429. The number of hydrogen-bond acceptors (Lipinski definition) is 5. The van der Waals surface area contributed by atoms with Gasteiger partial charge < -0.3 is 15.5 Å². The molecule has 3 N–H and O–H groups in total. The van der Waals surface area contributed by atoms with Gasteiger partial charge in [0.05, 0.1) is 11.5 Å². The van der Waals surface area contributed by atoms with Crippen LogP contribution in [0.1, 0.15) is 50.5 Å². The summed E-state index contributed by atoms with van der Waals surface area (Å²) in [5.41, 5.74) is 0.332. The van der Waals surface area contributed by atoms with Crippen LogP contribution in [0.15, 0.2) is 29.1 Å². The van der Waals surface area contributed by atoms with E-state index in [-0.39, 0.29) is 23.7 Å². The van der Waals surface area contributed by atoms with Crippen LogP contribution in [0.2, 0.25) is 5.02 Å². The zero-order chi connectivity index (χ0) is 21.3. The fourth-order valence-electron chi connectivity index (χ4n) is 4.19. The molecule has 0 bridgehead atoms. The molecule has 2 amide bonds. The van der Waals surface area contributed by atoms with Gasteiger partial charge in [0.1, 0.15) is 5.82 Å². The third-order valence-corrected chi connectivity index (χ3v) is 5.99. The molecule has 9 heteroatoms. The molecular weight excluding hydrogens is 406 g/mol. The SMILES string of the molecule is CC[C@@H]1CCCCN1c1nc2c(c(=O)[nH]1)[C@H](C(=O)Nc1ccc(Cl)cc1)CC(=O)N2. The summed E-state index contributed by atoms with van der Waals surface area (Å²) in [5, 5.41) is 5.98. The zero-order valence-electron chi connectivity index (χ0n) is 16.7. The van der Waals surface area contributed by atoms with Crippen molar-refractivity contribution in [3.63, 3.8) is 0 Å². The number of benzene rings is 1. The normalized spacial score (nSPS) is 21.0. The summed E-state index contributed by atoms with van der Waals surface area (Å²) < 4.78 is 0. The van der Waals surface area contributed by atoms with Crippen molar-refractivity contribution in [3.05, 3.63) is 45.2 Å². The summed E-state index contributed by atoms with van der Waals surface area (Å²) in [4.78, 5) is 47.6. The molecular formula is C21H24ClN5O3. The Labute approximate surface area is 179 Å². The number of anilines is 3. The highest BCUT2D eigenvalue weighted by Gasteiger charge is 2.35. The Bertz CT molecular complexity index is 1020. The minimum absolute atomic E-state index is 0.113. The van der Waals surface area contributed by atoms with E-state index in [9.17, 15) is 14.4 Å². The summed E-state index contributed by atoms with van der Waals surface area (Å²) in [6, 6.07) is 6.93. The Morgan fingerprint density at radius 2 is 2.03 bits per heavy atom. The van der Waals surface area contributed by atoms with Gasteiger partial charge in [-0.15, -0.1) is 0 Å². The zero-order valence-corrected chi connectivity index (χ0v) is 17.5. The van der Waals surface area contributed by atoms with Crippen molar-refractivity contribution in [2.24, 2.45) is 0 Å². The lowest BCUT2D eigenvalue weighted by Gasteiger charge is -2.36. The van der Waals surface area contributed by atoms with E-state index < -0.39 is 17.4 Å². The Balaban J connectivity index is 1.65. The molecule has 3 heterocycles. The van der Waals surface area contributed by atoms with Crippen molar-refractivity contribution in [1.82, 2.24) is 9.97 Å². The summed E-state index contributed by atoms with van der Waals surface area (Å²) >= 11 is 5.88. The highest BCUT2D eigenvalue weighted by atomic mass is 35.5. The van der Waals surface area contributed by atoms with E-state index in [1.54, 1.807) is 24.3 Å². The maximum Gasteiger partial charge on any atom is 0.258 e. The van der Waals surface area contributed by atoms with Crippen LogP contribution in [0.25, 0.3) is 0 Å². The number of nitrogens with one attached hydrogen (secondary N) is 3. The van der Waals surface area contributed by atoms with Gasteiger partial charge in [0, 0.05) is 29.7 Å². The van der Waals surface area contributed by atoms with Crippen LogP contribution in [0.4, 0.5) is 17.5 Å². The topological polar surface area (TPSA) is 107 Å². The second kappa shape index (κ2) is 8.47. The predicted molar refractivity (Wildman–Crippen MR) is 116 cm³/mol. The Hall–Kier alpha value is -2.87. The molecule has 8 nitrogen and oxygen atoms in total. The molecule has 2 atom stereocenters. The number of carbonyl (C=O) groups is 2. The molecule has 0 radical (unpaired) electrons. The first-order chi connectivity index (χ1) is 14.5. The molecule has 2 aliphatic heterocycles. The average Bonchev–Trinajstić information content (AvgIpc) is 2.74. The first-order valence-corrected chi connectivity index (χ1v) is 10.6. The molecule has 0 saturated carbocycles. The van der Waals surface area contributed by atoms with Crippen molar-refractivity contribution in [2.45, 2.75) is 51.0 Å². The Morgan fingerprint density at radius 1 is 1.27 bits per heavy atom. The van der Waals surface area contributed by atoms with Gasteiger partial charge in [-0.2, -0.15) is 4.98 Å². The van der Waals surface area contributed by atoms with Gasteiger partial charge in [-0.25, -0.2) is 0 Å². The fourth-order valence-corrected chi connectivity index (χ4v) is 4.31. The second-order valence-corrected chi connectivity index (χ2v) is 8.14. The second-order valence-electron chi connectivity index (χ2n) is 7.70. The molecule has 0 spiro atoms. The summed E-state index contributed by atoms with van der Waals surface area (Å²) in [7, 11) is 0. The minimum atomic E-state index is -0.918. The lowest BCUT2D eigenvalue weighted by atomic mass is 9.92. The van der Waals surface area contributed by atoms with Crippen molar-refractivity contribution in [3.8, 4) is 0 Å². The maximum atomic E-state index is 13.0. The smallest absolute Gasteiger partial charge is 0.258 e. The molecule has 2 aromatic rings. The van der Waals surface area contributed by atoms with Gasteiger partial charge in [-0.1, -0.05) is 18.5 Å². The van der Waals surface area contributed by atoms with E-state index in [4.69, 9.17) is 11.6 Å². The predicted octanol–water partition coefficient (Wildman–Crippen LogP) is 3.26. The minimum Gasteiger partial charge on any atom is -0.339 e. The van der Waals surface area contributed by atoms with Gasteiger partial charge in [-0.05, 0) is 49.9 Å². The van der Waals surface area contributed by atoms with Gasteiger partial charge >= 0.3 is 0 Å². The number of piperidine rings is 1. The third-order valence-electron chi connectivity index (χ3n) is 5.74. The van der Waals surface area contributed by atoms with Gasteiger partial charge in [-0.3, -0.25) is 19.4 Å². The van der Waals surface area contributed by atoms with Crippen molar-refractivity contribution in [1.29, 1.82) is 0 Å². The van der Waals surface area contributed by atoms with E-state index >= 15 is 0 Å². The van der Waals surface area contributed by atoms with Crippen LogP contribution in [-0.2, 0) is 9.59 Å². The van der Waals surface area contributed by atoms with Crippen molar-refractivity contribution < 1.29 is 9.59 Å². The lowest BCUT2D eigenvalue weighted by molar-refractivity contribution is -0.123. The molecule has 4 rings (SSSR count). The molecule has 1 fully saturated rings. The van der Waals surface area contributed by atoms with Crippen LogP contribution < -0.4 is 21.1 Å². The van der Waals surface area contributed by atoms with E-state index in [0.717, 1.165) is 32.2 Å². The number of rotatable bonds is 4. The van der Waals surface area contributed by atoms with Crippen LogP contribution >= 0.6 is 11.6 Å². The highest BCUT2D eigenvalue weighted by Crippen LogP contribution is 2.31. The van der Waals surface area contributed by atoms with Crippen LogP contribution in [-0.4, -0.2) is 34.4 Å². The number of aromatic amines is 1. The summed E-state index contributed by atoms with van der Waals surface area (Å²) in [6.45, 7) is 2.91. The monoisotopic (exact) mass is 429 g/mol. The van der Waals surface area contributed by atoms with Crippen molar-refractivity contribution in [2.75, 3.05) is 22.1 Å². The summed E-state index contributed by atoms with van der Waals surface area (Å²) in [6.07, 6.45) is 4.04. The molecule has 0 unspecified atom stereocenters. The first kappa shape index (κ1) is 20.4.